The van der Waals surface area contributed by atoms with Crippen LogP contribution in [0.1, 0.15) is 42.5 Å². The molecule has 148 valence electrons. The van der Waals surface area contributed by atoms with Crippen LogP contribution in [0.4, 0.5) is 0 Å². The minimum Gasteiger partial charge on any atom is -0.226 e. The van der Waals surface area contributed by atoms with Gasteiger partial charge in [0.25, 0.3) is 0 Å². The Labute approximate surface area is 177 Å². The summed E-state index contributed by atoms with van der Waals surface area (Å²) in [6.07, 6.45) is 6.12. The Morgan fingerprint density at radius 3 is 2.90 bits per heavy atom. The van der Waals surface area contributed by atoms with Crippen molar-refractivity contribution in [1.29, 1.82) is 0 Å². The molecule has 0 amide bonds. The largest absolute Gasteiger partial charge is 0.226 e. The molecule has 0 aliphatic heterocycles. The second-order valence-electron chi connectivity index (χ2n) is 7.47. The molecule has 3 heterocycles. The first-order valence-corrected chi connectivity index (χ1v) is 11.7. The van der Waals surface area contributed by atoms with E-state index < -0.39 is 0 Å². The summed E-state index contributed by atoms with van der Waals surface area (Å²) in [5, 5.41) is 15.2. The Hall–Kier alpha value is -2.32. The fraction of sp³-hybridized carbons (Fsp3) is 0.381. The number of para-hydroxylation sites is 1. The van der Waals surface area contributed by atoms with Gasteiger partial charge in [-0.3, -0.25) is 0 Å². The maximum Gasteiger partial charge on any atom is 0.220 e. The van der Waals surface area contributed by atoms with Gasteiger partial charge in [-0.2, -0.15) is 4.68 Å². The Kier molecular flexibility index (Phi) is 5.05. The summed E-state index contributed by atoms with van der Waals surface area (Å²) in [6, 6.07) is 9.96. The smallest absolute Gasteiger partial charge is 0.220 e. The van der Waals surface area contributed by atoms with Gasteiger partial charge in [0, 0.05) is 10.3 Å². The lowest BCUT2D eigenvalue weighted by Gasteiger charge is -2.21. The van der Waals surface area contributed by atoms with Gasteiger partial charge in [0.05, 0.1) is 5.69 Å². The van der Waals surface area contributed by atoms with Crippen molar-refractivity contribution < 1.29 is 0 Å². The van der Waals surface area contributed by atoms with Crippen molar-refractivity contribution in [2.75, 3.05) is 0 Å². The van der Waals surface area contributed by atoms with Gasteiger partial charge in [0.1, 0.15) is 15.7 Å². The molecule has 8 heteroatoms. The van der Waals surface area contributed by atoms with Crippen LogP contribution < -0.4 is 0 Å². The Morgan fingerprint density at radius 2 is 2.07 bits per heavy atom. The zero-order chi connectivity index (χ0) is 19.8. The number of rotatable bonds is 5. The van der Waals surface area contributed by atoms with E-state index in [9.17, 15) is 0 Å². The predicted octanol–water partition coefficient (Wildman–Crippen LogP) is 5.03. The molecule has 1 atom stereocenters. The van der Waals surface area contributed by atoms with Crippen molar-refractivity contribution in [1.82, 2.24) is 30.2 Å². The third kappa shape index (κ3) is 3.55. The molecule has 0 spiro atoms. The first-order valence-electron chi connectivity index (χ1n) is 10.0. The van der Waals surface area contributed by atoms with Crippen LogP contribution in [0.3, 0.4) is 0 Å². The molecule has 3 aromatic heterocycles. The highest BCUT2D eigenvalue weighted by Crippen LogP contribution is 2.43. The predicted molar refractivity (Wildman–Crippen MR) is 116 cm³/mol. The minimum absolute atomic E-state index is 0.718. The SMILES string of the molecule is CCCC1CCc2c(sc3nc(C)nc(Sc4nnnn4-c4ccccc4)c23)C1. The quantitative estimate of drug-likeness (QED) is 0.420. The van der Waals surface area contributed by atoms with Crippen LogP contribution in [0, 0.1) is 12.8 Å². The Morgan fingerprint density at radius 1 is 1.21 bits per heavy atom. The van der Waals surface area contributed by atoms with Gasteiger partial charge in [-0.25, -0.2) is 9.97 Å². The third-order valence-corrected chi connectivity index (χ3v) is 7.49. The number of thiophene rings is 1. The number of aryl methyl sites for hydroxylation is 2. The van der Waals surface area contributed by atoms with Crippen LogP contribution in [-0.4, -0.2) is 30.2 Å². The van der Waals surface area contributed by atoms with E-state index in [2.05, 4.69) is 22.4 Å². The maximum atomic E-state index is 4.80. The molecule has 0 radical (unpaired) electrons. The highest BCUT2D eigenvalue weighted by Gasteiger charge is 2.26. The first-order chi connectivity index (χ1) is 14.2. The van der Waals surface area contributed by atoms with E-state index in [4.69, 9.17) is 9.97 Å². The van der Waals surface area contributed by atoms with Gasteiger partial charge < -0.3 is 0 Å². The van der Waals surface area contributed by atoms with Gasteiger partial charge in [-0.1, -0.05) is 38.0 Å². The third-order valence-electron chi connectivity index (χ3n) is 5.42. The van der Waals surface area contributed by atoms with Crippen LogP contribution in [-0.2, 0) is 12.8 Å². The number of hydrogen-bond donors (Lipinski definition) is 0. The number of fused-ring (bicyclic) bond motifs is 3. The maximum absolute atomic E-state index is 4.80. The molecule has 1 aromatic carbocycles. The molecule has 0 saturated heterocycles. The van der Waals surface area contributed by atoms with Crippen LogP contribution in [0.2, 0.25) is 0 Å². The second kappa shape index (κ2) is 7.84. The zero-order valence-corrected chi connectivity index (χ0v) is 18.1. The number of hydrogen-bond acceptors (Lipinski definition) is 7. The van der Waals surface area contributed by atoms with Gasteiger partial charge in [0.15, 0.2) is 0 Å². The second-order valence-corrected chi connectivity index (χ2v) is 9.51. The average Bonchev–Trinajstić information content (AvgIpc) is 3.32. The standard InChI is InChI=1S/C21H22N6S2/c1-3-7-14-10-11-16-17(12-14)28-19-18(16)20(23-13(2)22-19)29-21-24-25-26-27(21)15-8-5-4-6-9-15/h4-6,8-9,14H,3,7,10-12H2,1-2H3. The first kappa shape index (κ1) is 18.7. The van der Waals surface area contributed by atoms with E-state index in [-0.39, 0.29) is 0 Å². The lowest BCUT2D eigenvalue weighted by atomic mass is 9.85. The van der Waals surface area contributed by atoms with E-state index in [0.717, 1.165) is 38.9 Å². The van der Waals surface area contributed by atoms with Crippen molar-refractivity contribution in [3.8, 4) is 5.69 Å². The number of aromatic nitrogens is 6. The van der Waals surface area contributed by atoms with Crippen molar-refractivity contribution in [3.05, 3.63) is 46.6 Å². The monoisotopic (exact) mass is 422 g/mol. The van der Waals surface area contributed by atoms with E-state index in [1.54, 1.807) is 4.68 Å². The highest BCUT2D eigenvalue weighted by molar-refractivity contribution is 7.99. The number of benzene rings is 1. The van der Waals surface area contributed by atoms with Crippen molar-refractivity contribution in [2.45, 2.75) is 56.1 Å². The fourth-order valence-corrected chi connectivity index (χ4v) is 6.53. The molecular weight excluding hydrogens is 400 g/mol. The topological polar surface area (TPSA) is 69.4 Å². The molecule has 6 nitrogen and oxygen atoms in total. The van der Waals surface area contributed by atoms with E-state index >= 15 is 0 Å². The Balaban J connectivity index is 1.56. The van der Waals surface area contributed by atoms with Crippen molar-refractivity contribution in [3.63, 3.8) is 0 Å². The number of tetrazole rings is 1. The van der Waals surface area contributed by atoms with Gasteiger partial charge >= 0.3 is 0 Å². The van der Waals surface area contributed by atoms with Crippen LogP contribution in [0.25, 0.3) is 15.9 Å². The summed E-state index contributed by atoms with van der Waals surface area (Å²) in [5.41, 5.74) is 2.38. The van der Waals surface area contributed by atoms with E-state index in [1.807, 2.05) is 48.6 Å². The van der Waals surface area contributed by atoms with Gasteiger partial charge in [-0.15, -0.1) is 16.4 Å². The molecule has 0 N–H and O–H groups in total. The van der Waals surface area contributed by atoms with Gasteiger partial charge in [-0.05, 0) is 72.0 Å². The minimum atomic E-state index is 0.718. The fourth-order valence-electron chi connectivity index (χ4n) is 4.10. The van der Waals surface area contributed by atoms with Crippen molar-refractivity contribution >= 4 is 33.3 Å². The summed E-state index contributed by atoms with van der Waals surface area (Å²) in [7, 11) is 0. The lowest BCUT2D eigenvalue weighted by molar-refractivity contribution is 0.428. The molecule has 5 rings (SSSR count). The summed E-state index contributed by atoms with van der Waals surface area (Å²) in [5.74, 6) is 1.60. The normalized spacial score (nSPS) is 16.3. The summed E-state index contributed by atoms with van der Waals surface area (Å²) in [6.45, 7) is 4.24. The lowest BCUT2D eigenvalue weighted by Crippen LogP contribution is -2.12. The van der Waals surface area contributed by atoms with Gasteiger partial charge in [0.2, 0.25) is 5.16 Å². The molecular formula is C21H22N6S2. The molecule has 1 aliphatic carbocycles. The van der Waals surface area contributed by atoms with Crippen LogP contribution in [0.15, 0.2) is 40.5 Å². The molecule has 29 heavy (non-hydrogen) atoms. The summed E-state index contributed by atoms with van der Waals surface area (Å²) in [4.78, 5) is 12.1. The zero-order valence-electron chi connectivity index (χ0n) is 16.5. The van der Waals surface area contributed by atoms with E-state index in [0.29, 0.717) is 0 Å². The Bertz CT molecular complexity index is 1150. The highest BCUT2D eigenvalue weighted by atomic mass is 32.2. The molecule has 0 bridgehead atoms. The average molecular weight is 423 g/mol. The van der Waals surface area contributed by atoms with E-state index in [1.165, 1.54) is 53.3 Å². The summed E-state index contributed by atoms with van der Waals surface area (Å²) >= 11 is 3.38. The summed E-state index contributed by atoms with van der Waals surface area (Å²) < 4.78 is 1.77. The van der Waals surface area contributed by atoms with Crippen molar-refractivity contribution in [2.24, 2.45) is 5.92 Å². The molecule has 1 unspecified atom stereocenters. The van der Waals surface area contributed by atoms with Crippen LogP contribution >= 0.6 is 23.1 Å². The number of nitrogens with zero attached hydrogens (tertiary/aromatic N) is 6. The van der Waals surface area contributed by atoms with Crippen LogP contribution in [0.5, 0.6) is 0 Å². The molecule has 0 saturated carbocycles. The molecule has 1 aliphatic rings. The molecule has 4 aromatic rings. The molecule has 0 fully saturated rings.